The molecule has 0 aromatic heterocycles. The van der Waals surface area contributed by atoms with Gasteiger partial charge in [0.05, 0.1) is 13.7 Å². The summed E-state index contributed by atoms with van der Waals surface area (Å²) in [5, 5.41) is 0. The number of ether oxygens (including phenoxy) is 4. The zero-order valence-corrected chi connectivity index (χ0v) is 15.4. The monoisotopic (exact) mass is 356 g/mol. The Bertz CT molecular complexity index is 735. The lowest BCUT2D eigenvalue weighted by molar-refractivity contribution is -0.138. The fourth-order valence-corrected chi connectivity index (χ4v) is 2.21. The Hall–Kier alpha value is -2.95. The van der Waals surface area contributed by atoms with Gasteiger partial charge in [-0.2, -0.15) is 0 Å². The van der Waals surface area contributed by atoms with Gasteiger partial charge in [0, 0.05) is 6.08 Å². The molecular formula is C21H24O5. The molecule has 138 valence electrons. The highest BCUT2D eigenvalue weighted by molar-refractivity contribution is 5.87. The topological polar surface area (TPSA) is 54.0 Å². The minimum absolute atomic E-state index is 0.184. The van der Waals surface area contributed by atoms with Crippen LogP contribution in [0.25, 0.3) is 6.08 Å². The number of carbonyl (C=O) groups excluding carboxylic acids is 1. The minimum Gasteiger partial charge on any atom is -0.493 e. The standard InChI is InChI=1S/C21H24O5/c1-4-24-19-11-7-17(15-20(19)23-3)8-12-21(22)26-14-13-25-18-9-5-16(2)6-10-18/h5-12,15H,4,13-14H2,1-3H3/b12-8+. The first-order valence-corrected chi connectivity index (χ1v) is 8.47. The van der Waals surface area contributed by atoms with Crippen molar-refractivity contribution in [1.82, 2.24) is 0 Å². The van der Waals surface area contributed by atoms with Crippen LogP contribution in [-0.4, -0.2) is 32.9 Å². The van der Waals surface area contributed by atoms with Gasteiger partial charge in [0.25, 0.3) is 0 Å². The number of aryl methyl sites for hydroxylation is 1. The third kappa shape index (κ3) is 6.16. The van der Waals surface area contributed by atoms with Crippen molar-refractivity contribution in [3.8, 4) is 17.2 Å². The van der Waals surface area contributed by atoms with Gasteiger partial charge in [-0.1, -0.05) is 23.8 Å². The molecule has 0 atom stereocenters. The summed E-state index contributed by atoms with van der Waals surface area (Å²) in [6.07, 6.45) is 3.04. The highest BCUT2D eigenvalue weighted by Gasteiger charge is 2.04. The average molecular weight is 356 g/mol. The van der Waals surface area contributed by atoms with Gasteiger partial charge in [0.15, 0.2) is 11.5 Å². The van der Waals surface area contributed by atoms with E-state index in [1.165, 1.54) is 11.6 Å². The van der Waals surface area contributed by atoms with E-state index in [4.69, 9.17) is 18.9 Å². The number of hydrogen-bond acceptors (Lipinski definition) is 5. The van der Waals surface area contributed by atoms with E-state index in [9.17, 15) is 4.79 Å². The fourth-order valence-electron chi connectivity index (χ4n) is 2.21. The lowest BCUT2D eigenvalue weighted by atomic mass is 10.2. The van der Waals surface area contributed by atoms with Gasteiger partial charge in [0.2, 0.25) is 0 Å². The molecule has 0 bridgehead atoms. The molecule has 0 aliphatic rings. The number of hydrogen-bond donors (Lipinski definition) is 0. The van der Waals surface area contributed by atoms with E-state index in [-0.39, 0.29) is 6.61 Å². The zero-order chi connectivity index (χ0) is 18.8. The van der Waals surface area contributed by atoms with E-state index in [0.29, 0.717) is 24.7 Å². The summed E-state index contributed by atoms with van der Waals surface area (Å²) in [6, 6.07) is 13.2. The first-order chi connectivity index (χ1) is 12.6. The van der Waals surface area contributed by atoms with Crippen LogP contribution in [0.2, 0.25) is 0 Å². The predicted octanol–water partition coefficient (Wildman–Crippen LogP) is 4.04. The Morgan fingerprint density at radius 2 is 1.77 bits per heavy atom. The van der Waals surface area contributed by atoms with Crippen molar-refractivity contribution < 1.29 is 23.7 Å². The third-order valence-corrected chi connectivity index (χ3v) is 3.52. The normalized spacial score (nSPS) is 10.6. The Morgan fingerprint density at radius 1 is 1.00 bits per heavy atom. The van der Waals surface area contributed by atoms with Crippen LogP contribution in [0.4, 0.5) is 0 Å². The molecule has 0 radical (unpaired) electrons. The highest BCUT2D eigenvalue weighted by atomic mass is 16.6. The summed E-state index contributed by atoms with van der Waals surface area (Å²) in [5.41, 5.74) is 1.98. The van der Waals surface area contributed by atoms with Crippen molar-refractivity contribution in [2.75, 3.05) is 26.9 Å². The van der Waals surface area contributed by atoms with Crippen LogP contribution in [0.3, 0.4) is 0 Å². The molecule has 2 aromatic carbocycles. The Kier molecular flexibility index (Phi) is 7.55. The smallest absolute Gasteiger partial charge is 0.330 e. The van der Waals surface area contributed by atoms with Gasteiger partial charge >= 0.3 is 5.97 Å². The van der Waals surface area contributed by atoms with Gasteiger partial charge in [0.1, 0.15) is 19.0 Å². The molecule has 0 N–H and O–H groups in total. The molecule has 0 spiro atoms. The van der Waals surface area contributed by atoms with Crippen LogP contribution in [-0.2, 0) is 9.53 Å². The maximum atomic E-state index is 11.8. The zero-order valence-electron chi connectivity index (χ0n) is 15.4. The molecule has 0 heterocycles. The van der Waals surface area contributed by atoms with Crippen molar-refractivity contribution in [2.24, 2.45) is 0 Å². The van der Waals surface area contributed by atoms with Gasteiger partial charge in [-0.15, -0.1) is 0 Å². The van der Waals surface area contributed by atoms with Crippen molar-refractivity contribution in [3.05, 3.63) is 59.7 Å². The van der Waals surface area contributed by atoms with Gasteiger partial charge in [-0.25, -0.2) is 4.79 Å². The number of rotatable bonds is 9. The summed E-state index contributed by atoms with van der Waals surface area (Å²) >= 11 is 0. The summed E-state index contributed by atoms with van der Waals surface area (Å²) in [6.45, 7) is 4.97. The van der Waals surface area contributed by atoms with E-state index in [1.807, 2.05) is 50.2 Å². The Morgan fingerprint density at radius 3 is 2.46 bits per heavy atom. The van der Waals surface area contributed by atoms with Crippen LogP contribution in [0, 0.1) is 6.92 Å². The first-order valence-electron chi connectivity index (χ1n) is 8.47. The molecule has 0 unspecified atom stereocenters. The summed E-state index contributed by atoms with van der Waals surface area (Å²) in [4.78, 5) is 11.8. The number of carbonyl (C=O) groups is 1. The molecular weight excluding hydrogens is 332 g/mol. The maximum Gasteiger partial charge on any atom is 0.330 e. The Balaban J connectivity index is 1.78. The molecule has 2 aromatic rings. The highest BCUT2D eigenvalue weighted by Crippen LogP contribution is 2.28. The average Bonchev–Trinajstić information content (AvgIpc) is 2.66. The first kappa shape index (κ1) is 19.4. The Labute approximate surface area is 154 Å². The summed E-state index contributed by atoms with van der Waals surface area (Å²) in [7, 11) is 1.58. The summed E-state index contributed by atoms with van der Waals surface area (Å²) in [5.74, 6) is 1.62. The second-order valence-electron chi connectivity index (χ2n) is 5.51. The third-order valence-electron chi connectivity index (χ3n) is 3.52. The number of methoxy groups -OCH3 is 1. The van der Waals surface area contributed by atoms with Gasteiger partial charge in [-0.3, -0.25) is 0 Å². The van der Waals surface area contributed by atoms with Crippen molar-refractivity contribution in [3.63, 3.8) is 0 Å². The minimum atomic E-state index is -0.426. The van der Waals surface area contributed by atoms with Crippen LogP contribution in [0.1, 0.15) is 18.1 Å². The van der Waals surface area contributed by atoms with Crippen molar-refractivity contribution in [2.45, 2.75) is 13.8 Å². The maximum absolute atomic E-state index is 11.8. The van der Waals surface area contributed by atoms with Crippen LogP contribution >= 0.6 is 0 Å². The molecule has 5 heteroatoms. The van der Waals surface area contributed by atoms with Gasteiger partial charge < -0.3 is 18.9 Å². The van der Waals surface area contributed by atoms with Crippen LogP contribution < -0.4 is 14.2 Å². The lowest BCUT2D eigenvalue weighted by Gasteiger charge is -2.09. The SMILES string of the molecule is CCOc1ccc(/C=C/C(=O)OCCOc2ccc(C)cc2)cc1OC. The second kappa shape index (κ2) is 10.1. The second-order valence-corrected chi connectivity index (χ2v) is 5.51. The molecule has 0 amide bonds. The van der Waals surface area contributed by atoms with E-state index in [0.717, 1.165) is 11.3 Å². The van der Waals surface area contributed by atoms with Crippen LogP contribution in [0.15, 0.2) is 48.5 Å². The molecule has 2 rings (SSSR count). The van der Waals surface area contributed by atoms with E-state index < -0.39 is 5.97 Å². The van der Waals surface area contributed by atoms with E-state index in [1.54, 1.807) is 19.3 Å². The molecule has 0 aliphatic heterocycles. The predicted molar refractivity (Wildman–Crippen MR) is 101 cm³/mol. The largest absolute Gasteiger partial charge is 0.493 e. The van der Waals surface area contributed by atoms with Crippen LogP contribution in [0.5, 0.6) is 17.2 Å². The van der Waals surface area contributed by atoms with Crippen molar-refractivity contribution >= 4 is 12.0 Å². The molecule has 5 nitrogen and oxygen atoms in total. The van der Waals surface area contributed by atoms with Gasteiger partial charge in [-0.05, 0) is 49.8 Å². The number of benzene rings is 2. The molecule has 0 fully saturated rings. The molecule has 0 saturated heterocycles. The molecule has 0 saturated carbocycles. The van der Waals surface area contributed by atoms with E-state index in [2.05, 4.69) is 0 Å². The quantitative estimate of drug-likeness (QED) is 0.386. The lowest BCUT2D eigenvalue weighted by Crippen LogP contribution is -2.10. The summed E-state index contributed by atoms with van der Waals surface area (Å²) < 4.78 is 21.4. The number of esters is 1. The van der Waals surface area contributed by atoms with Crippen molar-refractivity contribution in [1.29, 1.82) is 0 Å². The van der Waals surface area contributed by atoms with E-state index >= 15 is 0 Å². The molecule has 26 heavy (non-hydrogen) atoms. The fraction of sp³-hybridized carbons (Fsp3) is 0.286. The molecule has 0 aliphatic carbocycles.